The van der Waals surface area contributed by atoms with E-state index in [9.17, 15) is 0 Å². The van der Waals surface area contributed by atoms with E-state index < -0.39 is 0 Å². The second-order valence-electron chi connectivity index (χ2n) is 5.14. The van der Waals surface area contributed by atoms with Crippen molar-refractivity contribution in [3.05, 3.63) is 41.7 Å². The maximum atomic E-state index is 5.56. The van der Waals surface area contributed by atoms with Crippen LogP contribution in [0.3, 0.4) is 0 Å². The van der Waals surface area contributed by atoms with E-state index in [1.807, 2.05) is 29.8 Å². The third-order valence-corrected chi connectivity index (χ3v) is 4.68. The van der Waals surface area contributed by atoms with Gasteiger partial charge in [0.05, 0.1) is 5.71 Å². The molecule has 2 aromatic rings. The summed E-state index contributed by atoms with van der Waals surface area (Å²) in [5.74, 6) is 1.72. The maximum absolute atomic E-state index is 5.56. The first-order valence-corrected chi connectivity index (χ1v) is 8.25. The van der Waals surface area contributed by atoms with Crippen LogP contribution >= 0.6 is 24.2 Å². The van der Waals surface area contributed by atoms with Crippen molar-refractivity contribution < 1.29 is 4.84 Å². The Morgan fingerprint density at radius 1 is 1.30 bits per heavy atom. The number of rotatable bonds is 6. The topological polar surface area (TPSA) is 78.3 Å². The minimum Gasteiger partial charge on any atom is -0.391 e. The lowest BCUT2D eigenvalue weighted by Crippen LogP contribution is -2.12. The van der Waals surface area contributed by atoms with Gasteiger partial charge < -0.3 is 15.1 Å². The predicted octanol–water partition coefficient (Wildman–Crippen LogP) is 2.02. The molecule has 0 radical (unpaired) electrons. The summed E-state index contributed by atoms with van der Waals surface area (Å²) >= 11 is 1.64. The molecule has 1 aromatic heterocycles. The number of halogens is 1. The smallest absolute Gasteiger partial charge is 0.191 e. The average molecular weight is 354 g/mol. The Hall–Kier alpha value is -1.57. The van der Waals surface area contributed by atoms with Gasteiger partial charge in [0.15, 0.2) is 5.16 Å². The first-order chi connectivity index (χ1) is 10.8. The standard InChI is InChI=1S/C15H19N5OS.ClH/c1-20-14(7-8-16)17-18-15(20)22-10-12-9-13(19-21-12)11-5-3-2-4-6-11;/h2-6,12H,7-10,16H2,1H3;1H. The van der Waals surface area contributed by atoms with Gasteiger partial charge in [-0.3, -0.25) is 0 Å². The predicted molar refractivity (Wildman–Crippen MR) is 94.2 cm³/mol. The van der Waals surface area contributed by atoms with Crippen LogP contribution in [0.15, 0.2) is 40.6 Å². The van der Waals surface area contributed by atoms with Gasteiger partial charge in [0.1, 0.15) is 11.9 Å². The summed E-state index contributed by atoms with van der Waals surface area (Å²) in [6.07, 6.45) is 1.64. The Bertz CT molecular complexity index is 661. The van der Waals surface area contributed by atoms with Crippen molar-refractivity contribution in [1.29, 1.82) is 0 Å². The zero-order valence-corrected chi connectivity index (χ0v) is 14.5. The second kappa shape index (κ2) is 8.33. The van der Waals surface area contributed by atoms with E-state index in [4.69, 9.17) is 10.6 Å². The number of benzene rings is 1. The molecule has 0 aliphatic carbocycles. The fourth-order valence-electron chi connectivity index (χ4n) is 2.30. The Morgan fingerprint density at radius 3 is 2.83 bits per heavy atom. The molecule has 6 nitrogen and oxygen atoms in total. The molecule has 0 spiro atoms. The quantitative estimate of drug-likeness (QED) is 0.804. The Kier molecular flexibility index (Phi) is 6.44. The van der Waals surface area contributed by atoms with Crippen molar-refractivity contribution in [3.8, 4) is 0 Å². The number of aromatic nitrogens is 3. The summed E-state index contributed by atoms with van der Waals surface area (Å²) < 4.78 is 1.99. The van der Waals surface area contributed by atoms with Crippen LogP contribution in [0, 0.1) is 0 Å². The summed E-state index contributed by atoms with van der Waals surface area (Å²) in [5, 5.41) is 13.4. The number of thioether (sulfide) groups is 1. The van der Waals surface area contributed by atoms with Crippen LogP contribution in [0.25, 0.3) is 0 Å². The summed E-state index contributed by atoms with van der Waals surface area (Å²) in [5.41, 5.74) is 7.69. The van der Waals surface area contributed by atoms with Gasteiger partial charge in [-0.2, -0.15) is 0 Å². The Morgan fingerprint density at radius 2 is 2.09 bits per heavy atom. The summed E-state index contributed by atoms with van der Waals surface area (Å²) in [6.45, 7) is 0.580. The van der Waals surface area contributed by atoms with Crippen LogP contribution in [-0.4, -0.2) is 38.9 Å². The van der Waals surface area contributed by atoms with Gasteiger partial charge in [-0.25, -0.2) is 0 Å². The Labute approximate surface area is 145 Å². The monoisotopic (exact) mass is 353 g/mol. The van der Waals surface area contributed by atoms with Crippen LogP contribution in [0.1, 0.15) is 17.8 Å². The minimum absolute atomic E-state index is 0. The molecule has 0 fully saturated rings. The number of hydrogen-bond acceptors (Lipinski definition) is 6. The molecule has 0 saturated heterocycles. The molecule has 2 heterocycles. The maximum Gasteiger partial charge on any atom is 0.191 e. The molecule has 1 aromatic carbocycles. The van der Waals surface area contributed by atoms with Crippen LogP contribution in [0.5, 0.6) is 0 Å². The molecule has 0 amide bonds. The molecule has 1 aliphatic rings. The van der Waals surface area contributed by atoms with E-state index in [0.717, 1.165) is 40.9 Å². The highest BCUT2D eigenvalue weighted by atomic mass is 35.5. The van der Waals surface area contributed by atoms with Crippen LogP contribution in [0.2, 0.25) is 0 Å². The number of nitrogens with zero attached hydrogens (tertiary/aromatic N) is 4. The minimum atomic E-state index is 0. The molecule has 3 rings (SSSR count). The largest absolute Gasteiger partial charge is 0.391 e. The zero-order chi connectivity index (χ0) is 15.4. The lowest BCUT2D eigenvalue weighted by atomic mass is 10.1. The summed E-state index contributed by atoms with van der Waals surface area (Å²) in [6, 6.07) is 10.1. The molecule has 1 atom stereocenters. The van der Waals surface area contributed by atoms with E-state index in [2.05, 4.69) is 27.5 Å². The highest BCUT2D eigenvalue weighted by molar-refractivity contribution is 7.99. The fraction of sp³-hybridized carbons (Fsp3) is 0.400. The molecule has 8 heteroatoms. The molecule has 23 heavy (non-hydrogen) atoms. The third-order valence-electron chi connectivity index (χ3n) is 3.53. The molecular formula is C15H20ClN5OS. The highest BCUT2D eigenvalue weighted by Crippen LogP contribution is 2.23. The molecular weight excluding hydrogens is 334 g/mol. The normalized spacial score (nSPS) is 16.6. The zero-order valence-electron chi connectivity index (χ0n) is 12.9. The van der Waals surface area contributed by atoms with Crippen molar-refractivity contribution in [1.82, 2.24) is 14.8 Å². The molecule has 0 saturated carbocycles. The van der Waals surface area contributed by atoms with Crippen LogP contribution < -0.4 is 5.73 Å². The van der Waals surface area contributed by atoms with Crippen molar-refractivity contribution >= 4 is 29.9 Å². The average Bonchev–Trinajstić information content (AvgIpc) is 3.15. The van der Waals surface area contributed by atoms with Crippen molar-refractivity contribution in [2.75, 3.05) is 12.3 Å². The van der Waals surface area contributed by atoms with E-state index in [0.29, 0.717) is 6.54 Å². The number of hydrogen-bond donors (Lipinski definition) is 1. The third kappa shape index (κ3) is 4.25. The van der Waals surface area contributed by atoms with Gasteiger partial charge in [0.25, 0.3) is 0 Å². The number of oxime groups is 1. The molecule has 2 N–H and O–H groups in total. The van der Waals surface area contributed by atoms with E-state index in [1.54, 1.807) is 11.8 Å². The molecule has 1 unspecified atom stereocenters. The van der Waals surface area contributed by atoms with Gasteiger partial charge in [-0.15, -0.1) is 22.6 Å². The Balaban J connectivity index is 0.00000192. The highest BCUT2D eigenvalue weighted by Gasteiger charge is 2.23. The van der Waals surface area contributed by atoms with Gasteiger partial charge in [-0.1, -0.05) is 47.2 Å². The first-order valence-electron chi connectivity index (χ1n) is 7.27. The van der Waals surface area contributed by atoms with Crippen molar-refractivity contribution in [3.63, 3.8) is 0 Å². The van der Waals surface area contributed by atoms with Gasteiger partial charge in [-0.05, 0) is 12.1 Å². The van der Waals surface area contributed by atoms with Gasteiger partial charge in [0.2, 0.25) is 0 Å². The van der Waals surface area contributed by atoms with Crippen LogP contribution in [0.4, 0.5) is 0 Å². The van der Waals surface area contributed by atoms with Crippen molar-refractivity contribution in [2.45, 2.75) is 24.1 Å². The van der Waals surface area contributed by atoms with Crippen molar-refractivity contribution in [2.24, 2.45) is 17.9 Å². The van der Waals surface area contributed by atoms with E-state index in [1.165, 1.54) is 0 Å². The van der Waals surface area contributed by atoms with E-state index in [-0.39, 0.29) is 18.5 Å². The lowest BCUT2D eigenvalue weighted by molar-refractivity contribution is 0.103. The first kappa shape index (κ1) is 17.8. The fourth-order valence-corrected chi connectivity index (χ4v) is 3.22. The molecule has 0 bridgehead atoms. The van der Waals surface area contributed by atoms with E-state index >= 15 is 0 Å². The number of nitrogens with two attached hydrogens (primary N) is 1. The second-order valence-corrected chi connectivity index (χ2v) is 6.13. The SMILES string of the molecule is Cl.Cn1c(CCN)nnc1SCC1CC(c2ccccc2)=NO1. The molecule has 124 valence electrons. The molecule has 1 aliphatic heterocycles. The summed E-state index contributed by atoms with van der Waals surface area (Å²) in [4.78, 5) is 5.53. The van der Waals surface area contributed by atoms with Gasteiger partial charge in [0, 0.05) is 25.6 Å². The van der Waals surface area contributed by atoms with Gasteiger partial charge >= 0.3 is 0 Å². The van der Waals surface area contributed by atoms with Crippen LogP contribution in [-0.2, 0) is 18.3 Å². The lowest BCUT2D eigenvalue weighted by Gasteiger charge is -2.07. The summed E-state index contributed by atoms with van der Waals surface area (Å²) in [7, 11) is 1.97.